The van der Waals surface area contributed by atoms with E-state index in [4.69, 9.17) is 23.8 Å². The number of fused-ring (bicyclic) bond motifs is 1. The monoisotopic (exact) mass is 380 g/mol. The highest BCUT2D eigenvalue weighted by Crippen LogP contribution is 2.33. The number of hydrogen-bond acceptors (Lipinski definition) is 5. The van der Waals surface area contributed by atoms with Gasteiger partial charge in [0, 0.05) is 10.7 Å². The predicted molar refractivity (Wildman–Crippen MR) is 96.7 cm³/mol. The quantitative estimate of drug-likeness (QED) is 0.761. The summed E-state index contributed by atoms with van der Waals surface area (Å²) in [6.07, 6.45) is -0.0655. The van der Waals surface area contributed by atoms with Crippen molar-refractivity contribution < 1.29 is 14.4 Å². The van der Waals surface area contributed by atoms with Gasteiger partial charge in [0.05, 0.1) is 6.42 Å². The second-order valence-corrected chi connectivity index (χ2v) is 7.36. The number of anilines is 1. The first kappa shape index (κ1) is 17.8. The highest BCUT2D eigenvalue weighted by Gasteiger charge is 2.56. The molecule has 7 nitrogen and oxygen atoms in total. The lowest BCUT2D eigenvalue weighted by atomic mass is 10.00. The van der Waals surface area contributed by atoms with Gasteiger partial charge in [-0.2, -0.15) is 5.01 Å². The first-order valence-electron chi connectivity index (χ1n) is 7.67. The molecule has 0 aliphatic carbocycles. The molecule has 2 saturated heterocycles. The number of hydrogen-bond donors (Lipinski definition) is 2. The van der Waals surface area contributed by atoms with E-state index in [9.17, 15) is 14.4 Å². The highest BCUT2D eigenvalue weighted by atomic mass is 35.5. The van der Waals surface area contributed by atoms with Gasteiger partial charge in [-0.05, 0) is 50.7 Å². The summed E-state index contributed by atoms with van der Waals surface area (Å²) >= 11 is 11.1. The third-order valence-corrected chi connectivity index (χ3v) is 4.93. The molecule has 0 aromatic heterocycles. The molecule has 1 unspecified atom stereocenters. The topological polar surface area (TPSA) is 81.8 Å². The molecular formula is C16H17ClN4O3S. The molecule has 1 aromatic carbocycles. The number of carbonyl (C=O) groups is 3. The minimum Gasteiger partial charge on any atom is -0.324 e. The Labute approximate surface area is 155 Å². The van der Waals surface area contributed by atoms with E-state index >= 15 is 0 Å². The number of aryl methyl sites for hydroxylation is 1. The number of carbonyl (C=O) groups excluding carboxylic acids is 3. The molecule has 2 aliphatic rings. The zero-order chi connectivity index (χ0) is 18.5. The van der Waals surface area contributed by atoms with E-state index in [1.54, 1.807) is 32.0 Å². The van der Waals surface area contributed by atoms with E-state index in [1.807, 2.05) is 6.92 Å². The zero-order valence-corrected chi connectivity index (χ0v) is 15.5. The normalized spacial score (nSPS) is 22.6. The van der Waals surface area contributed by atoms with Crippen LogP contribution >= 0.6 is 23.8 Å². The maximum absolute atomic E-state index is 12.8. The third kappa shape index (κ3) is 2.90. The Morgan fingerprint density at radius 2 is 2.08 bits per heavy atom. The van der Waals surface area contributed by atoms with Crippen LogP contribution in [0.25, 0.3) is 0 Å². The van der Waals surface area contributed by atoms with Gasteiger partial charge in [-0.3, -0.25) is 19.7 Å². The van der Waals surface area contributed by atoms with E-state index in [0.717, 1.165) is 5.56 Å². The van der Waals surface area contributed by atoms with Gasteiger partial charge in [0.2, 0.25) is 17.7 Å². The van der Waals surface area contributed by atoms with Gasteiger partial charge >= 0.3 is 0 Å². The number of rotatable bonds is 2. The number of halogens is 1. The van der Waals surface area contributed by atoms with Crippen LogP contribution in [0.5, 0.6) is 0 Å². The SMILES string of the molecule is Cc1ccc(Cl)cc1NC(=O)C1CC(=O)N2C(=S)NC(=O)C(C)(C)N12. The summed E-state index contributed by atoms with van der Waals surface area (Å²) in [7, 11) is 0. The molecule has 25 heavy (non-hydrogen) atoms. The lowest BCUT2D eigenvalue weighted by Gasteiger charge is -2.45. The fourth-order valence-electron chi connectivity index (χ4n) is 3.00. The molecule has 0 bridgehead atoms. The standard InChI is InChI=1S/C16H17ClN4O3S/c1-8-4-5-9(17)6-10(8)18-13(23)11-7-12(22)20-15(25)19-14(24)16(2,3)21(11)20/h4-6,11H,7H2,1-3H3,(H,18,23)(H,19,24,25). The molecule has 132 valence electrons. The fourth-order valence-corrected chi connectivity index (χ4v) is 3.46. The average molecular weight is 381 g/mol. The van der Waals surface area contributed by atoms with Crippen molar-refractivity contribution in [3.8, 4) is 0 Å². The summed E-state index contributed by atoms with van der Waals surface area (Å²) in [6, 6.07) is 4.31. The van der Waals surface area contributed by atoms with E-state index in [1.165, 1.54) is 10.0 Å². The second-order valence-electron chi connectivity index (χ2n) is 6.54. The Kier molecular flexibility index (Phi) is 4.30. The Balaban J connectivity index is 1.92. The van der Waals surface area contributed by atoms with Gasteiger partial charge in [-0.25, -0.2) is 5.01 Å². The summed E-state index contributed by atoms with van der Waals surface area (Å²) in [4.78, 5) is 37.4. The first-order valence-corrected chi connectivity index (χ1v) is 8.46. The van der Waals surface area contributed by atoms with Crippen LogP contribution in [0.4, 0.5) is 5.69 Å². The van der Waals surface area contributed by atoms with E-state index < -0.39 is 17.5 Å². The molecule has 0 saturated carbocycles. The average Bonchev–Trinajstić information content (AvgIpc) is 2.88. The van der Waals surface area contributed by atoms with E-state index in [-0.39, 0.29) is 23.3 Å². The van der Waals surface area contributed by atoms with Crippen molar-refractivity contribution in [3.05, 3.63) is 28.8 Å². The van der Waals surface area contributed by atoms with Crippen LogP contribution in [0, 0.1) is 6.92 Å². The van der Waals surface area contributed by atoms with Gasteiger partial charge in [0.15, 0.2) is 5.11 Å². The van der Waals surface area contributed by atoms with Gasteiger partial charge in [-0.15, -0.1) is 0 Å². The zero-order valence-electron chi connectivity index (χ0n) is 13.9. The van der Waals surface area contributed by atoms with Crippen molar-refractivity contribution >= 4 is 52.3 Å². The Morgan fingerprint density at radius 3 is 2.76 bits per heavy atom. The van der Waals surface area contributed by atoms with Crippen molar-refractivity contribution in [2.24, 2.45) is 0 Å². The number of nitrogens with one attached hydrogen (secondary N) is 2. The largest absolute Gasteiger partial charge is 0.324 e. The molecule has 0 radical (unpaired) electrons. The number of nitrogens with zero attached hydrogens (tertiary/aromatic N) is 2. The lowest BCUT2D eigenvalue weighted by molar-refractivity contribution is -0.154. The molecule has 3 amide bonds. The molecule has 0 spiro atoms. The number of hydrazine groups is 1. The smallest absolute Gasteiger partial charge is 0.248 e. The Hall–Kier alpha value is -2.03. The van der Waals surface area contributed by atoms with Crippen LogP contribution in [0.15, 0.2) is 18.2 Å². The van der Waals surface area contributed by atoms with Crippen LogP contribution in [0.3, 0.4) is 0 Å². The Morgan fingerprint density at radius 1 is 1.40 bits per heavy atom. The summed E-state index contributed by atoms with van der Waals surface area (Å²) in [6.45, 7) is 5.12. The molecule has 2 fully saturated rings. The van der Waals surface area contributed by atoms with Crippen molar-refractivity contribution in [1.29, 1.82) is 0 Å². The number of thiocarbonyl (C=S) groups is 1. The van der Waals surface area contributed by atoms with Gasteiger partial charge in [-0.1, -0.05) is 17.7 Å². The number of amides is 3. The summed E-state index contributed by atoms with van der Waals surface area (Å²) in [5.74, 6) is -1.09. The Bertz CT molecular complexity index is 811. The fraction of sp³-hybridized carbons (Fsp3) is 0.375. The molecule has 2 heterocycles. The maximum atomic E-state index is 12.8. The van der Waals surface area contributed by atoms with Crippen LogP contribution in [0.1, 0.15) is 25.8 Å². The molecule has 2 aliphatic heterocycles. The van der Waals surface area contributed by atoms with Crippen LogP contribution in [-0.4, -0.2) is 44.4 Å². The highest BCUT2D eigenvalue weighted by molar-refractivity contribution is 7.80. The molecular weight excluding hydrogens is 364 g/mol. The third-order valence-electron chi connectivity index (χ3n) is 4.42. The first-order chi connectivity index (χ1) is 11.6. The number of benzene rings is 1. The lowest BCUT2D eigenvalue weighted by Crippen LogP contribution is -2.71. The molecule has 3 rings (SSSR count). The van der Waals surface area contributed by atoms with Crippen molar-refractivity contribution in [2.75, 3.05) is 5.32 Å². The van der Waals surface area contributed by atoms with Crippen molar-refractivity contribution in [2.45, 2.75) is 38.8 Å². The van der Waals surface area contributed by atoms with Gasteiger partial charge < -0.3 is 5.32 Å². The summed E-state index contributed by atoms with van der Waals surface area (Å²) in [5.41, 5.74) is 0.301. The van der Waals surface area contributed by atoms with Gasteiger partial charge in [0.1, 0.15) is 11.6 Å². The maximum Gasteiger partial charge on any atom is 0.248 e. The predicted octanol–water partition coefficient (Wildman–Crippen LogP) is 1.60. The van der Waals surface area contributed by atoms with Crippen LogP contribution in [-0.2, 0) is 14.4 Å². The minimum absolute atomic E-state index is 0.0106. The van der Waals surface area contributed by atoms with Crippen molar-refractivity contribution in [3.63, 3.8) is 0 Å². The summed E-state index contributed by atoms with van der Waals surface area (Å²) < 4.78 is 0. The molecule has 1 aromatic rings. The van der Waals surface area contributed by atoms with Crippen LogP contribution in [0.2, 0.25) is 5.02 Å². The van der Waals surface area contributed by atoms with Crippen LogP contribution < -0.4 is 10.6 Å². The van der Waals surface area contributed by atoms with E-state index in [0.29, 0.717) is 10.7 Å². The van der Waals surface area contributed by atoms with E-state index in [2.05, 4.69) is 10.6 Å². The second kappa shape index (κ2) is 6.05. The molecule has 9 heteroatoms. The van der Waals surface area contributed by atoms with Crippen molar-refractivity contribution in [1.82, 2.24) is 15.3 Å². The van der Waals surface area contributed by atoms with Gasteiger partial charge in [0.25, 0.3) is 0 Å². The molecule has 2 N–H and O–H groups in total. The minimum atomic E-state index is -1.10. The summed E-state index contributed by atoms with van der Waals surface area (Å²) in [5, 5.41) is 8.43. The molecule has 1 atom stereocenters.